The Morgan fingerprint density at radius 1 is 1.08 bits per heavy atom. The molecule has 0 aromatic carbocycles. The van der Waals surface area contributed by atoms with Gasteiger partial charge in [0.05, 0.1) is 18.0 Å². The van der Waals surface area contributed by atoms with E-state index in [1.807, 2.05) is 22.4 Å². The largest absolute Gasteiger partial charge is 0.419 e. The Labute approximate surface area is 151 Å². The van der Waals surface area contributed by atoms with Crippen molar-refractivity contribution in [3.05, 3.63) is 23.4 Å². The monoisotopic (exact) mass is 361 g/mol. The number of hydrogen-bond donors (Lipinski definition) is 0. The van der Waals surface area contributed by atoms with Gasteiger partial charge in [-0.15, -0.1) is 21.5 Å². The number of aromatic nitrogens is 2. The van der Waals surface area contributed by atoms with Crippen molar-refractivity contribution in [1.29, 1.82) is 0 Å². The minimum atomic E-state index is 0.281. The van der Waals surface area contributed by atoms with Crippen LogP contribution in [0.25, 0.3) is 10.8 Å². The maximum absolute atomic E-state index is 12.2. The number of likely N-dealkylation sites (tertiary alicyclic amines) is 1. The van der Waals surface area contributed by atoms with Crippen LogP contribution < -0.4 is 0 Å². The summed E-state index contributed by atoms with van der Waals surface area (Å²) in [7, 11) is 0. The highest BCUT2D eigenvalue weighted by molar-refractivity contribution is 7.13. The second kappa shape index (κ2) is 7.63. The van der Waals surface area contributed by atoms with Gasteiger partial charge in [0, 0.05) is 39.3 Å². The molecule has 2 aliphatic rings. The Kier molecular flexibility index (Phi) is 5.09. The first kappa shape index (κ1) is 16.7. The normalized spacial score (nSPS) is 19.6. The van der Waals surface area contributed by atoms with E-state index in [-0.39, 0.29) is 5.91 Å². The lowest BCUT2D eigenvalue weighted by Crippen LogP contribution is -2.49. The van der Waals surface area contributed by atoms with Gasteiger partial charge in [0.1, 0.15) is 0 Å². The molecule has 2 saturated heterocycles. The molecule has 0 atom stereocenters. The van der Waals surface area contributed by atoms with Crippen LogP contribution in [0, 0.1) is 0 Å². The van der Waals surface area contributed by atoms with E-state index < -0.39 is 0 Å². The molecular weight excluding hydrogens is 338 g/mol. The number of thiophene rings is 1. The Morgan fingerprint density at radius 2 is 1.84 bits per heavy atom. The average molecular weight is 361 g/mol. The highest BCUT2D eigenvalue weighted by Gasteiger charge is 2.24. The maximum atomic E-state index is 12.2. The summed E-state index contributed by atoms with van der Waals surface area (Å²) in [5, 5.41) is 10.3. The molecule has 0 bridgehead atoms. The molecular formula is C17H23N5O2S. The zero-order valence-electron chi connectivity index (χ0n) is 14.3. The molecule has 4 rings (SSSR count). The van der Waals surface area contributed by atoms with Crippen LogP contribution in [0.15, 0.2) is 21.9 Å². The van der Waals surface area contributed by atoms with Crippen LogP contribution >= 0.6 is 11.3 Å². The van der Waals surface area contributed by atoms with Gasteiger partial charge >= 0.3 is 0 Å². The second-order valence-corrected chi connectivity index (χ2v) is 7.57. The molecule has 0 radical (unpaired) electrons. The summed E-state index contributed by atoms with van der Waals surface area (Å²) >= 11 is 1.60. The molecule has 1 amide bonds. The van der Waals surface area contributed by atoms with Crippen LogP contribution in [-0.4, -0.2) is 76.6 Å². The summed E-state index contributed by atoms with van der Waals surface area (Å²) in [4.78, 5) is 19.8. The third kappa shape index (κ3) is 4.08. The van der Waals surface area contributed by atoms with Gasteiger partial charge in [0.15, 0.2) is 0 Å². The van der Waals surface area contributed by atoms with Gasteiger partial charge in [-0.3, -0.25) is 14.6 Å². The van der Waals surface area contributed by atoms with E-state index in [0.717, 1.165) is 57.0 Å². The van der Waals surface area contributed by atoms with Crippen molar-refractivity contribution in [2.45, 2.75) is 19.4 Å². The van der Waals surface area contributed by atoms with E-state index in [1.165, 1.54) is 0 Å². The van der Waals surface area contributed by atoms with Gasteiger partial charge in [0.25, 0.3) is 5.89 Å². The molecule has 2 aromatic heterocycles. The minimum Gasteiger partial charge on any atom is -0.419 e. The molecule has 0 saturated carbocycles. The first-order valence-corrected chi connectivity index (χ1v) is 9.74. The topological polar surface area (TPSA) is 65.7 Å². The fraction of sp³-hybridized carbons (Fsp3) is 0.588. The van der Waals surface area contributed by atoms with Crippen molar-refractivity contribution < 1.29 is 9.21 Å². The number of amides is 1. The number of nitrogens with zero attached hydrogens (tertiary/aromatic N) is 5. The Hall–Kier alpha value is -1.77. The molecule has 0 spiro atoms. The second-order valence-electron chi connectivity index (χ2n) is 6.62. The molecule has 2 aliphatic heterocycles. The van der Waals surface area contributed by atoms with Gasteiger partial charge in [-0.1, -0.05) is 6.07 Å². The van der Waals surface area contributed by atoms with Crippen LogP contribution in [0.2, 0.25) is 0 Å². The molecule has 7 nitrogen and oxygen atoms in total. The zero-order chi connectivity index (χ0) is 17.1. The SMILES string of the molecule is O=C(CN1CCN(Cc2nnc(-c3cccs3)o2)CC1)N1CCCC1. The highest BCUT2D eigenvalue weighted by Crippen LogP contribution is 2.23. The highest BCUT2D eigenvalue weighted by atomic mass is 32.1. The number of rotatable bonds is 5. The molecule has 0 unspecified atom stereocenters. The lowest BCUT2D eigenvalue weighted by atomic mass is 10.3. The van der Waals surface area contributed by atoms with Gasteiger partial charge < -0.3 is 9.32 Å². The molecule has 134 valence electrons. The van der Waals surface area contributed by atoms with Crippen LogP contribution in [0.4, 0.5) is 0 Å². The average Bonchev–Trinajstić information content (AvgIpc) is 3.38. The van der Waals surface area contributed by atoms with E-state index in [4.69, 9.17) is 4.42 Å². The van der Waals surface area contributed by atoms with E-state index in [1.54, 1.807) is 11.3 Å². The molecule has 0 aliphatic carbocycles. The van der Waals surface area contributed by atoms with Crippen LogP contribution in [0.3, 0.4) is 0 Å². The summed E-state index contributed by atoms with van der Waals surface area (Å²) in [5.41, 5.74) is 0. The van der Waals surface area contributed by atoms with Crippen molar-refractivity contribution in [1.82, 2.24) is 24.9 Å². The zero-order valence-corrected chi connectivity index (χ0v) is 15.1. The third-order valence-electron chi connectivity index (χ3n) is 4.84. The number of carbonyl (C=O) groups excluding carboxylic acids is 1. The van der Waals surface area contributed by atoms with Crippen molar-refractivity contribution in [3.8, 4) is 10.8 Å². The summed E-state index contributed by atoms with van der Waals surface area (Å²) in [6.45, 7) is 6.75. The molecule has 25 heavy (non-hydrogen) atoms. The number of piperazine rings is 1. The summed E-state index contributed by atoms with van der Waals surface area (Å²) < 4.78 is 5.76. The van der Waals surface area contributed by atoms with Gasteiger partial charge in [0.2, 0.25) is 11.8 Å². The van der Waals surface area contributed by atoms with Gasteiger partial charge in [-0.2, -0.15) is 0 Å². The summed E-state index contributed by atoms with van der Waals surface area (Å²) in [6.07, 6.45) is 2.30. The minimum absolute atomic E-state index is 0.281. The fourth-order valence-electron chi connectivity index (χ4n) is 3.37. The predicted molar refractivity (Wildman–Crippen MR) is 95.1 cm³/mol. The van der Waals surface area contributed by atoms with Crippen molar-refractivity contribution in [2.75, 3.05) is 45.8 Å². The van der Waals surface area contributed by atoms with Crippen LogP contribution in [-0.2, 0) is 11.3 Å². The fourth-order valence-corrected chi connectivity index (χ4v) is 4.02. The van der Waals surface area contributed by atoms with Crippen molar-refractivity contribution in [3.63, 3.8) is 0 Å². The standard InChI is InChI=1S/C17H23N5O2S/c23-16(22-5-1-2-6-22)13-21-9-7-20(8-10-21)12-15-18-19-17(24-15)14-4-3-11-25-14/h3-4,11H,1-2,5-10,12-13H2. The third-order valence-corrected chi connectivity index (χ3v) is 5.70. The molecule has 8 heteroatoms. The summed E-state index contributed by atoms with van der Waals surface area (Å²) in [6, 6.07) is 3.96. The van der Waals surface area contributed by atoms with E-state index in [0.29, 0.717) is 24.9 Å². The Bertz CT molecular complexity index is 688. The first-order valence-electron chi connectivity index (χ1n) is 8.87. The van der Waals surface area contributed by atoms with Gasteiger partial charge in [-0.05, 0) is 24.3 Å². The molecule has 0 N–H and O–H groups in total. The lowest BCUT2D eigenvalue weighted by Gasteiger charge is -2.34. The van der Waals surface area contributed by atoms with Crippen molar-refractivity contribution >= 4 is 17.2 Å². The van der Waals surface area contributed by atoms with Crippen LogP contribution in [0.5, 0.6) is 0 Å². The smallest absolute Gasteiger partial charge is 0.257 e. The maximum Gasteiger partial charge on any atom is 0.257 e. The molecule has 2 fully saturated rings. The number of hydrogen-bond acceptors (Lipinski definition) is 7. The number of carbonyl (C=O) groups is 1. The Morgan fingerprint density at radius 3 is 2.56 bits per heavy atom. The van der Waals surface area contributed by atoms with Crippen LogP contribution in [0.1, 0.15) is 18.7 Å². The predicted octanol–water partition coefficient (Wildman–Crippen LogP) is 1.54. The summed E-state index contributed by atoms with van der Waals surface area (Å²) in [5.74, 6) is 1.54. The van der Waals surface area contributed by atoms with E-state index in [2.05, 4.69) is 20.0 Å². The van der Waals surface area contributed by atoms with E-state index >= 15 is 0 Å². The molecule has 2 aromatic rings. The quantitative estimate of drug-likeness (QED) is 0.805. The van der Waals surface area contributed by atoms with Gasteiger partial charge in [-0.25, -0.2) is 0 Å². The van der Waals surface area contributed by atoms with Crippen molar-refractivity contribution in [2.24, 2.45) is 0 Å². The lowest BCUT2D eigenvalue weighted by molar-refractivity contribution is -0.131. The van der Waals surface area contributed by atoms with E-state index in [9.17, 15) is 4.79 Å². The molecule has 4 heterocycles. The Balaban J connectivity index is 1.24. The first-order chi connectivity index (χ1) is 12.3.